The second-order valence-corrected chi connectivity index (χ2v) is 4.98. The average molecular weight is 293 g/mol. The lowest BCUT2D eigenvalue weighted by Crippen LogP contribution is -2.27. The highest BCUT2D eigenvalue weighted by molar-refractivity contribution is 6.34. The largest absolute Gasteiger partial charge is 0.393 e. The number of halogens is 1. The third kappa shape index (κ3) is 3.46. The third-order valence-corrected chi connectivity index (χ3v) is 3.45. The number of hydrogen-bond acceptors (Lipinski definition) is 3. The van der Waals surface area contributed by atoms with Crippen LogP contribution in [0.5, 0.6) is 0 Å². The minimum absolute atomic E-state index is 0.277. The van der Waals surface area contributed by atoms with Gasteiger partial charge in [-0.3, -0.25) is 4.79 Å². The van der Waals surface area contributed by atoms with Crippen LogP contribution in [0, 0.1) is 0 Å². The Balaban J connectivity index is 2.10. The number of fused-ring (bicyclic) bond motifs is 1. The molecule has 20 heavy (non-hydrogen) atoms. The monoisotopic (exact) mass is 292 g/mol. The molecule has 0 bridgehead atoms. The first-order valence-corrected chi connectivity index (χ1v) is 7.01. The molecule has 5 heteroatoms. The summed E-state index contributed by atoms with van der Waals surface area (Å²) in [5.41, 5.74) is 0.291. The van der Waals surface area contributed by atoms with Crippen LogP contribution in [0.3, 0.4) is 0 Å². The average Bonchev–Trinajstić information content (AvgIpc) is 2.46. The van der Waals surface area contributed by atoms with Gasteiger partial charge in [0.25, 0.3) is 5.91 Å². The van der Waals surface area contributed by atoms with E-state index in [1.54, 1.807) is 6.07 Å². The van der Waals surface area contributed by atoms with E-state index in [-0.39, 0.29) is 12.0 Å². The highest BCUT2D eigenvalue weighted by Crippen LogP contribution is 2.22. The molecule has 1 heterocycles. The summed E-state index contributed by atoms with van der Waals surface area (Å²) >= 11 is 6.08. The molecule has 0 saturated carbocycles. The Morgan fingerprint density at radius 2 is 2.20 bits per heavy atom. The van der Waals surface area contributed by atoms with E-state index < -0.39 is 0 Å². The van der Waals surface area contributed by atoms with E-state index in [4.69, 9.17) is 11.6 Å². The van der Waals surface area contributed by atoms with Crippen molar-refractivity contribution in [3.05, 3.63) is 41.2 Å². The number of benzene rings is 1. The molecule has 106 valence electrons. The van der Waals surface area contributed by atoms with Crippen LogP contribution < -0.4 is 5.32 Å². The highest BCUT2D eigenvalue weighted by Gasteiger charge is 2.11. The molecule has 2 aromatic rings. The van der Waals surface area contributed by atoms with E-state index in [0.29, 0.717) is 30.2 Å². The number of aliphatic hydroxyl groups is 1. The van der Waals surface area contributed by atoms with Crippen LogP contribution in [0.4, 0.5) is 0 Å². The fourth-order valence-corrected chi connectivity index (χ4v) is 2.18. The minimum Gasteiger partial charge on any atom is -0.393 e. The van der Waals surface area contributed by atoms with Crippen molar-refractivity contribution in [2.75, 3.05) is 6.54 Å². The summed E-state index contributed by atoms with van der Waals surface area (Å²) in [4.78, 5) is 16.1. The van der Waals surface area contributed by atoms with Gasteiger partial charge in [-0.05, 0) is 24.3 Å². The zero-order valence-corrected chi connectivity index (χ0v) is 12.0. The van der Waals surface area contributed by atoms with E-state index in [9.17, 15) is 9.90 Å². The van der Waals surface area contributed by atoms with Crippen molar-refractivity contribution in [3.8, 4) is 0 Å². The SMILES string of the molecule is CCC(O)CCNC(=O)c1cc2ccccc2c(Cl)n1. The van der Waals surface area contributed by atoms with Gasteiger partial charge in [-0.1, -0.05) is 42.8 Å². The van der Waals surface area contributed by atoms with Crippen molar-refractivity contribution in [2.24, 2.45) is 0 Å². The Kier molecular flexibility index (Phi) is 4.93. The molecule has 0 aliphatic carbocycles. The molecule has 0 saturated heterocycles. The van der Waals surface area contributed by atoms with Gasteiger partial charge in [0.05, 0.1) is 6.10 Å². The molecule has 2 N–H and O–H groups in total. The van der Waals surface area contributed by atoms with Crippen molar-refractivity contribution in [2.45, 2.75) is 25.9 Å². The Hall–Kier alpha value is -1.65. The number of hydrogen-bond donors (Lipinski definition) is 2. The molecule has 1 aromatic heterocycles. The smallest absolute Gasteiger partial charge is 0.269 e. The topological polar surface area (TPSA) is 62.2 Å². The zero-order chi connectivity index (χ0) is 14.5. The molecule has 4 nitrogen and oxygen atoms in total. The summed E-state index contributed by atoms with van der Waals surface area (Å²) < 4.78 is 0. The summed E-state index contributed by atoms with van der Waals surface area (Å²) in [7, 11) is 0. The molecule has 1 unspecified atom stereocenters. The second-order valence-electron chi connectivity index (χ2n) is 4.63. The first-order valence-electron chi connectivity index (χ1n) is 6.63. The van der Waals surface area contributed by atoms with Crippen LogP contribution in [-0.2, 0) is 0 Å². The normalized spacial score (nSPS) is 12.3. The molecule has 1 aromatic carbocycles. The summed E-state index contributed by atoms with van der Waals surface area (Å²) in [6, 6.07) is 9.23. The van der Waals surface area contributed by atoms with Crippen molar-refractivity contribution in [3.63, 3.8) is 0 Å². The first-order chi connectivity index (χ1) is 9.61. The minimum atomic E-state index is -0.386. The molecule has 0 aliphatic heterocycles. The van der Waals surface area contributed by atoms with Gasteiger partial charge in [0, 0.05) is 11.9 Å². The number of carbonyl (C=O) groups is 1. The van der Waals surface area contributed by atoms with Crippen molar-refractivity contribution < 1.29 is 9.90 Å². The molecule has 1 amide bonds. The van der Waals surface area contributed by atoms with E-state index in [0.717, 1.165) is 10.8 Å². The van der Waals surface area contributed by atoms with Crippen LogP contribution >= 0.6 is 11.6 Å². The Labute approximate surface area is 122 Å². The van der Waals surface area contributed by atoms with Crippen molar-refractivity contribution in [1.29, 1.82) is 0 Å². The van der Waals surface area contributed by atoms with E-state index in [2.05, 4.69) is 10.3 Å². The van der Waals surface area contributed by atoms with Crippen LogP contribution in [0.25, 0.3) is 10.8 Å². The van der Waals surface area contributed by atoms with Crippen molar-refractivity contribution >= 4 is 28.3 Å². The molecule has 2 rings (SSSR count). The Bertz CT molecular complexity index is 616. The first kappa shape index (κ1) is 14.8. The van der Waals surface area contributed by atoms with Crippen LogP contribution in [0.15, 0.2) is 30.3 Å². The molecular formula is C15H17ClN2O2. The number of aliphatic hydroxyl groups excluding tert-OH is 1. The number of aromatic nitrogens is 1. The summed E-state index contributed by atoms with van der Waals surface area (Å²) in [6.07, 6.45) is 0.822. The maximum absolute atomic E-state index is 12.0. The molecule has 0 radical (unpaired) electrons. The molecule has 0 spiro atoms. The van der Waals surface area contributed by atoms with Gasteiger partial charge in [0.1, 0.15) is 10.8 Å². The maximum Gasteiger partial charge on any atom is 0.269 e. The fourth-order valence-electron chi connectivity index (χ4n) is 1.92. The molecule has 0 fully saturated rings. The second kappa shape index (κ2) is 6.68. The van der Waals surface area contributed by atoms with Gasteiger partial charge < -0.3 is 10.4 Å². The Morgan fingerprint density at radius 1 is 1.45 bits per heavy atom. The van der Waals surface area contributed by atoms with Gasteiger partial charge in [-0.15, -0.1) is 0 Å². The Morgan fingerprint density at radius 3 is 2.95 bits per heavy atom. The fraction of sp³-hybridized carbons (Fsp3) is 0.333. The highest BCUT2D eigenvalue weighted by atomic mass is 35.5. The predicted molar refractivity (Wildman–Crippen MR) is 80.0 cm³/mol. The van der Waals surface area contributed by atoms with E-state index >= 15 is 0 Å². The number of nitrogens with zero attached hydrogens (tertiary/aromatic N) is 1. The third-order valence-electron chi connectivity index (χ3n) is 3.16. The van der Waals surface area contributed by atoms with Crippen LogP contribution in [0.2, 0.25) is 5.15 Å². The number of amides is 1. The van der Waals surface area contributed by atoms with Gasteiger partial charge in [0.2, 0.25) is 0 Å². The predicted octanol–water partition coefficient (Wildman–Crippen LogP) is 2.78. The maximum atomic E-state index is 12.0. The number of rotatable bonds is 5. The number of nitrogens with one attached hydrogen (secondary N) is 1. The molecule has 0 aliphatic rings. The lowest BCUT2D eigenvalue weighted by molar-refractivity contribution is 0.0937. The van der Waals surface area contributed by atoms with Gasteiger partial charge in [-0.25, -0.2) is 4.98 Å². The summed E-state index contributed by atoms with van der Waals surface area (Å²) in [5, 5.41) is 14.2. The van der Waals surface area contributed by atoms with E-state index in [1.165, 1.54) is 0 Å². The molecular weight excluding hydrogens is 276 g/mol. The lowest BCUT2D eigenvalue weighted by atomic mass is 10.1. The van der Waals surface area contributed by atoms with E-state index in [1.807, 2.05) is 31.2 Å². The zero-order valence-electron chi connectivity index (χ0n) is 11.3. The lowest BCUT2D eigenvalue weighted by Gasteiger charge is -2.09. The van der Waals surface area contributed by atoms with Gasteiger partial charge in [0.15, 0.2) is 0 Å². The number of pyridine rings is 1. The van der Waals surface area contributed by atoms with Gasteiger partial charge >= 0.3 is 0 Å². The number of carbonyl (C=O) groups excluding carboxylic acids is 1. The van der Waals surface area contributed by atoms with Gasteiger partial charge in [-0.2, -0.15) is 0 Å². The standard InChI is InChI=1S/C15H17ClN2O2/c1-2-11(19)7-8-17-15(20)13-9-10-5-3-4-6-12(10)14(16)18-13/h3-6,9,11,19H,2,7-8H2,1H3,(H,17,20). The van der Waals surface area contributed by atoms with Crippen LogP contribution in [0.1, 0.15) is 30.3 Å². The van der Waals surface area contributed by atoms with Crippen molar-refractivity contribution in [1.82, 2.24) is 10.3 Å². The molecule has 1 atom stereocenters. The quantitative estimate of drug-likeness (QED) is 0.833. The summed E-state index contributed by atoms with van der Waals surface area (Å²) in [5.74, 6) is -0.277. The van der Waals surface area contributed by atoms with Crippen LogP contribution in [-0.4, -0.2) is 28.6 Å². The summed E-state index contributed by atoms with van der Waals surface area (Å²) in [6.45, 7) is 2.32.